The number of hydrogen-bond acceptors (Lipinski definition) is 3. The number of carbonyl (C=O) groups excluding carboxylic acids is 1. The fourth-order valence-corrected chi connectivity index (χ4v) is 3.62. The number of ether oxygens (including phenoxy) is 1. The van der Waals surface area contributed by atoms with Crippen LogP contribution >= 0.6 is 0 Å². The highest BCUT2D eigenvalue weighted by Crippen LogP contribution is 2.46. The molecule has 2 fully saturated rings. The third kappa shape index (κ3) is 1.34. The van der Waals surface area contributed by atoms with E-state index in [1.165, 1.54) is 18.4 Å². The maximum absolute atomic E-state index is 11.7. The second kappa shape index (κ2) is 3.59. The van der Waals surface area contributed by atoms with Crippen LogP contribution in [0.2, 0.25) is 0 Å². The Balaban J connectivity index is 1.97. The fraction of sp³-hybridized carbons (Fsp3) is 0.769. The minimum absolute atomic E-state index is 0.0145. The molecule has 2 aliphatic carbocycles. The summed E-state index contributed by atoms with van der Waals surface area (Å²) in [6, 6.07) is 0. The molecule has 88 valence electrons. The predicted molar refractivity (Wildman–Crippen MR) is 58.6 cm³/mol. The van der Waals surface area contributed by atoms with Crippen molar-refractivity contribution >= 4 is 5.97 Å². The van der Waals surface area contributed by atoms with Crippen LogP contribution < -0.4 is 0 Å². The van der Waals surface area contributed by atoms with E-state index in [1.54, 1.807) is 0 Å². The summed E-state index contributed by atoms with van der Waals surface area (Å²) in [6.45, 7) is 1.90. The van der Waals surface area contributed by atoms with Crippen molar-refractivity contribution in [3.63, 3.8) is 0 Å². The number of rotatable bonds is 0. The van der Waals surface area contributed by atoms with Gasteiger partial charge in [0, 0.05) is 11.8 Å². The van der Waals surface area contributed by atoms with Gasteiger partial charge >= 0.3 is 5.97 Å². The van der Waals surface area contributed by atoms with Gasteiger partial charge in [-0.25, -0.2) is 0 Å². The first-order valence-corrected chi connectivity index (χ1v) is 6.27. The van der Waals surface area contributed by atoms with E-state index < -0.39 is 0 Å². The molecule has 0 aromatic carbocycles. The Morgan fingerprint density at radius 1 is 1.44 bits per heavy atom. The number of cyclic esters (lactones) is 1. The summed E-state index contributed by atoms with van der Waals surface area (Å²) in [5.74, 6) is -0.0614. The summed E-state index contributed by atoms with van der Waals surface area (Å²) in [7, 11) is 0. The van der Waals surface area contributed by atoms with Crippen LogP contribution in [0.1, 0.15) is 32.6 Å². The summed E-state index contributed by atoms with van der Waals surface area (Å²) < 4.78 is 5.24. The van der Waals surface area contributed by atoms with Gasteiger partial charge < -0.3 is 9.84 Å². The summed E-state index contributed by atoms with van der Waals surface area (Å²) >= 11 is 0. The minimum atomic E-state index is -0.383. The highest BCUT2D eigenvalue weighted by atomic mass is 16.6. The molecule has 1 saturated carbocycles. The van der Waals surface area contributed by atoms with Gasteiger partial charge in [-0.05, 0) is 26.2 Å². The summed E-state index contributed by atoms with van der Waals surface area (Å²) in [5.41, 5.74) is 1.30. The molecule has 3 heteroatoms. The Morgan fingerprint density at radius 3 is 3.06 bits per heavy atom. The van der Waals surface area contributed by atoms with E-state index in [4.69, 9.17) is 4.74 Å². The molecule has 1 heterocycles. The average Bonchev–Trinajstić information content (AvgIpc) is 2.55. The lowest BCUT2D eigenvalue weighted by Crippen LogP contribution is -2.42. The van der Waals surface area contributed by atoms with Gasteiger partial charge in [0.2, 0.25) is 0 Å². The van der Waals surface area contributed by atoms with Crippen LogP contribution in [0.15, 0.2) is 11.6 Å². The quantitative estimate of drug-likeness (QED) is 0.501. The van der Waals surface area contributed by atoms with Crippen molar-refractivity contribution in [2.75, 3.05) is 0 Å². The van der Waals surface area contributed by atoms with Crippen molar-refractivity contribution in [3.8, 4) is 0 Å². The van der Waals surface area contributed by atoms with E-state index in [0.717, 1.165) is 12.8 Å². The van der Waals surface area contributed by atoms with Crippen LogP contribution in [0.4, 0.5) is 0 Å². The zero-order valence-electron chi connectivity index (χ0n) is 9.56. The largest absolute Gasteiger partial charge is 0.462 e. The SMILES string of the molecule is C[C@@H]1OC(=O)[C@H]2C=C3CCCC[C@@H]3[C@@H](O)[C@@H]12. The van der Waals surface area contributed by atoms with Gasteiger partial charge in [0.1, 0.15) is 6.10 Å². The monoisotopic (exact) mass is 222 g/mol. The second-order valence-corrected chi connectivity index (χ2v) is 5.33. The molecule has 3 rings (SSSR count). The lowest BCUT2D eigenvalue weighted by atomic mass is 9.67. The topological polar surface area (TPSA) is 46.5 Å². The predicted octanol–water partition coefficient (Wildman–Crippen LogP) is 1.66. The van der Waals surface area contributed by atoms with Crippen LogP contribution in [0, 0.1) is 17.8 Å². The highest BCUT2D eigenvalue weighted by Gasteiger charge is 2.50. The second-order valence-electron chi connectivity index (χ2n) is 5.33. The van der Waals surface area contributed by atoms with E-state index in [0.29, 0.717) is 0 Å². The molecule has 3 nitrogen and oxygen atoms in total. The number of hydrogen-bond donors (Lipinski definition) is 1. The molecule has 1 aliphatic heterocycles. The van der Waals surface area contributed by atoms with Gasteiger partial charge in [-0.1, -0.05) is 18.1 Å². The first-order valence-electron chi connectivity index (χ1n) is 6.27. The lowest BCUT2D eigenvalue weighted by molar-refractivity contribution is -0.142. The van der Waals surface area contributed by atoms with Crippen molar-refractivity contribution in [2.24, 2.45) is 17.8 Å². The normalized spacial score (nSPS) is 46.8. The molecule has 1 N–H and O–H groups in total. The highest BCUT2D eigenvalue weighted by molar-refractivity contribution is 5.78. The van der Waals surface area contributed by atoms with E-state index in [9.17, 15) is 9.90 Å². The number of fused-ring (bicyclic) bond motifs is 2. The first kappa shape index (κ1) is 10.3. The van der Waals surface area contributed by atoms with Crippen LogP contribution in [0.5, 0.6) is 0 Å². The molecule has 5 atom stereocenters. The molecule has 3 aliphatic rings. The fourth-order valence-electron chi connectivity index (χ4n) is 3.62. The molecule has 0 unspecified atom stereocenters. The molecular formula is C13H18O3. The molecule has 16 heavy (non-hydrogen) atoms. The molecule has 0 aromatic rings. The molecule has 1 saturated heterocycles. The van der Waals surface area contributed by atoms with Gasteiger partial charge in [-0.2, -0.15) is 0 Å². The Hall–Kier alpha value is -0.830. The maximum Gasteiger partial charge on any atom is 0.313 e. The summed E-state index contributed by atoms with van der Waals surface area (Å²) in [6.07, 6.45) is 6.08. The van der Waals surface area contributed by atoms with Crippen LogP contribution in [0.25, 0.3) is 0 Å². The molecule has 0 bridgehead atoms. The van der Waals surface area contributed by atoms with E-state index in [-0.39, 0.29) is 35.9 Å². The maximum atomic E-state index is 11.7. The Bertz CT molecular complexity index is 347. The number of aliphatic hydroxyl groups excluding tert-OH is 1. The third-order valence-corrected chi connectivity index (χ3v) is 4.44. The Morgan fingerprint density at radius 2 is 2.25 bits per heavy atom. The van der Waals surface area contributed by atoms with Crippen LogP contribution in [0.3, 0.4) is 0 Å². The zero-order valence-corrected chi connectivity index (χ0v) is 9.56. The standard InChI is InChI=1S/C13H18O3/c1-7-11-10(13(15)16-7)6-8-4-2-3-5-9(8)12(11)14/h6-7,9-12,14H,2-5H2,1H3/t7-,9-,10-,11-,12+/m0/s1. The molecule has 0 spiro atoms. The Kier molecular flexibility index (Phi) is 2.32. The molecular weight excluding hydrogens is 204 g/mol. The van der Waals surface area contributed by atoms with Crippen molar-refractivity contribution in [1.82, 2.24) is 0 Å². The van der Waals surface area contributed by atoms with Gasteiger partial charge in [0.25, 0.3) is 0 Å². The van der Waals surface area contributed by atoms with Gasteiger partial charge in [-0.15, -0.1) is 0 Å². The third-order valence-electron chi connectivity index (χ3n) is 4.44. The van der Waals surface area contributed by atoms with Crippen LogP contribution in [-0.4, -0.2) is 23.3 Å². The van der Waals surface area contributed by atoms with E-state index in [1.807, 2.05) is 6.92 Å². The summed E-state index contributed by atoms with van der Waals surface area (Å²) in [5, 5.41) is 10.4. The van der Waals surface area contributed by atoms with E-state index >= 15 is 0 Å². The minimum Gasteiger partial charge on any atom is -0.462 e. The zero-order chi connectivity index (χ0) is 11.3. The van der Waals surface area contributed by atoms with Gasteiger partial charge in [0.15, 0.2) is 0 Å². The van der Waals surface area contributed by atoms with Crippen molar-refractivity contribution in [2.45, 2.75) is 44.8 Å². The van der Waals surface area contributed by atoms with Crippen LogP contribution in [-0.2, 0) is 9.53 Å². The summed E-state index contributed by atoms with van der Waals surface area (Å²) in [4.78, 5) is 11.7. The van der Waals surface area contributed by atoms with Gasteiger partial charge in [-0.3, -0.25) is 4.79 Å². The number of aliphatic hydroxyl groups is 1. The Labute approximate surface area is 95.5 Å². The first-order chi connectivity index (χ1) is 7.68. The molecule has 0 aromatic heterocycles. The molecule has 0 radical (unpaired) electrons. The molecule has 0 amide bonds. The lowest BCUT2D eigenvalue weighted by Gasteiger charge is -2.38. The van der Waals surface area contributed by atoms with E-state index in [2.05, 4.69) is 6.08 Å². The number of esters is 1. The van der Waals surface area contributed by atoms with Crippen molar-refractivity contribution in [3.05, 3.63) is 11.6 Å². The van der Waals surface area contributed by atoms with Gasteiger partial charge in [0.05, 0.1) is 12.0 Å². The van der Waals surface area contributed by atoms with Crippen molar-refractivity contribution in [1.29, 1.82) is 0 Å². The average molecular weight is 222 g/mol. The van der Waals surface area contributed by atoms with Crippen molar-refractivity contribution < 1.29 is 14.6 Å². The smallest absolute Gasteiger partial charge is 0.313 e. The number of carbonyl (C=O) groups is 1.